The highest BCUT2D eigenvalue weighted by atomic mass is 32.1. The number of carbonyl (C=O) groups is 1. The maximum atomic E-state index is 12.8. The smallest absolute Gasteiger partial charge is 0.270 e. The van der Waals surface area contributed by atoms with Gasteiger partial charge in [0.15, 0.2) is 0 Å². The lowest BCUT2D eigenvalue weighted by Crippen LogP contribution is -2.40. The summed E-state index contributed by atoms with van der Waals surface area (Å²) in [6, 6.07) is 8.48. The van der Waals surface area contributed by atoms with E-state index < -0.39 is 0 Å². The van der Waals surface area contributed by atoms with Crippen LogP contribution in [0.4, 0.5) is 11.8 Å². The number of benzene rings is 1. The van der Waals surface area contributed by atoms with E-state index in [2.05, 4.69) is 31.7 Å². The van der Waals surface area contributed by atoms with Gasteiger partial charge in [0, 0.05) is 49.7 Å². The third-order valence-corrected chi connectivity index (χ3v) is 7.06. The lowest BCUT2D eigenvalue weighted by Gasteiger charge is -2.29. The van der Waals surface area contributed by atoms with E-state index in [0.717, 1.165) is 60.8 Å². The van der Waals surface area contributed by atoms with Gasteiger partial charge in [0.2, 0.25) is 5.95 Å². The molecule has 1 saturated carbocycles. The summed E-state index contributed by atoms with van der Waals surface area (Å²) in [5.74, 6) is 2.39. The van der Waals surface area contributed by atoms with Crippen molar-refractivity contribution in [3.8, 4) is 16.3 Å². The molecule has 1 aliphatic carbocycles. The number of hydrogen-bond acceptors (Lipinski definition) is 8. The van der Waals surface area contributed by atoms with Crippen molar-refractivity contribution < 1.29 is 9.53 Å². The molecule has 0 saturated heterocycles. The molecule has 1 fully saturated rings. The fourth-order valence-electron chi connectivity index (χ4n) is 4.32. The van der Waals surface area contributed by atoms with Crippen molar-refractivity contribution in [2.45, 2.75) is 44.2 Å². The van der Waals surface area contributed by atoms with Gasteiger partial charge in [0.1, 0.15) is 22.3 Å². The summed E-state index contributed by atoms with van der Waals surface area (Å²) < 4.78 is 5.58. The van der Waals surface area contributed by atoms with Crippen LogP contribution in [0.5, 0.6) is 5.75 Å². The molecule has 9 heteroatoms. The Labute approximate surface area is 197 Å². The van der Waals surface area contributed by atoms with Crippen molar-refractivity contribution in [2.24, 2.45) is 0 Å². The highest BCUT2D eigenvalue weighted by Crippen LogP contribution is 2.32. The van der Waals surface area contributed by atoms with E-state index in [-0.39, 0.29) is 11.9 Å². The number of carbonyl (C=O) groups excluding carboxylic acids is 1. The number of anilines is 2. The Morgan fingerprint density at radius 1 is 1.12 bits per heavy atom. The molecule has 2 aliphatic rings. The highest BCUT2D eigenvalue weighted by molar-refractivity contribution is 7.13. The average Bonchev–Trinajstić information content (AvgIpc) is 3.50. The molecule has 33 heavy (non-hydrogen) atoms. The van der Waals surface area contributed by atoms with Crippen molar-refractivity contribution in [1.82, 2.24) is 20.3 Å². The first kappa shape index (κ1) is 21.6. The second-order valence-electron chi connectivity index (χ2n) is 8.76. The Balaban J connectivity index is 1.14. The van der Waals surface area contributed by atoms with Gasteiger partial charge < -0.3 is 20.3 Å². The number of ether oxygens (including phenoxy) is 1. The second kappa shape index (κ2) is 9.35. The van der Waals surface area contributed by atoms with E-state index in [1.54, 1.807) is 6.20 Å². The maximum absolute atomic E-state index is 12.8. The summed E-state index contributed by atoms with van der Waals surface area (Å²) in [6.45, 7) is 0.734. The van der Waals surface area contributed by atoms with Gasteiger partial charge in [-0.25, -0.2) is 9.97 Å². The van der Waals surface area contributed by atoms with Crippen LogP contribution in [0.25, 0.3) is 10.6 Å². The summed E-state index contributed by atoms with van der Waals surface area (Å²) in [5, 5.41) is 9.32. The van der Waals surface area contributed by atoms with Crippen LogP contribution in [0.2, 0.25) is 0 Å². The normalized spacial score (nSPS) is 19.5. The van der Waals surface area contributed by atoms with Crippen LogP contribution in [-0.4, -0.2) is 53.6 Å². The maximum Gasteiger partial charge on any atom is 0.270 e. The predicted octanol–water partition coefficient (Wildman–Crippen LogP) is 3.75. The summed E-state index contributed by atoms with van der Waals surface area (Å²) in [6.07, 6.45) is 6.44. The molecule has 8 nitrogen and oxygen atoms in total. The third kappa shape index (κ3) is 4.93. The van der Waals surface area contributed by atoms with E-state index in [1.165, 1.54) is 16.9 Å². The number of nitrogens with one attached hydrogen (secondary N) is 2. The molecule has 5 rings (SSSR count). The summed E-state index contributed by atoms with van der Waals surface area (Å²) in [7, 11) is 3.93. The number of aromatic nitrogens is 3. The van der Waals surface area contributed by atoms with Crippen molar-refractivity contribution in [3.63, 3.8) is 0 Å². The monoisotopic (exact) mass is 464 g/mol. The van der Waals surface area contributed by atoms with Crippen molar-refractivity contribution in [2.75, 3.05) is 30.9 Å². The minimum atomic E-state index is -0.0968. The molecular weight excluding hydrogens is 436 g/mol. The van der Waals surface area contributed by atoms with E-state index >= 15 is 0 Å². The Hall–Kier alpha value is -3.20. The molecular formula is C24H28N6O2S. The minimum absolute atomic E-state index is 0.0968. The summed E-state index contributed by atoms with van der Waals surface area (Å²) in [5.41, 5.74) is 2.73. The predicted molar refractivity (Wildman–Crippen MR) is 130 cm³/mol. The van der Waals surface area contributed by atoms with E-state index in [4.69, 9.17) is 4.74 Å². The van der Waals surface area contributed by atoms with E-state index in [1.807, 2.05) is 42.6 Å². The Morgan fingerprint density at radius 3 is 2.76 bits per heavy atom. The zero-order chi connectivity index (χ0) is 22.8. The largest absolute Gasteiger partial charge is 0.493 e. The van der Waals surface area contributed by atoms with Gasteiger partial charge >= 0.3 is 0 Å². The van der Waals surface area contributed by atoms with Gasteiger partial charge in [0.25, 0.3) is 5.91 Å². The Morgan fingerprint density at radius 2 is 1.94 bits per heavy atom. The molecule has 1 aliphatic heterocycles. The zero-order valence-corrected chi connectivity index (χ0v) is 19.7. The summed E-state index contributed by atoms with van der Waals surface area (Å²) >= 11 is 1.50. The van der Waals surface area contributed by atoms with Gasteiger partial charge in [-0.3, -0.25) is 4.79 Å². The minimum Gasteiger partial charge on any atom is -0.493 e. The van der Waals surface area contributed by atoms with Crippen molar-refractivity contribution in [1.29, 1.82) is 0 Å². The first-order valence-corrected chi connectivity index (χ1v) is 12.2. The first-order valence-electron chi connectivity index (χ1n) is 11.3. The Kier molecular flexibility index (Phi) is 6.13. The summed E-state index contributed by atoms with van der Waals surface area (Å²) in [4.78, 5) is 28.2. The van der Waals surface area contributed by atoms with Gasteiger partial charge in [0.05, 0.1) is 6.61 Å². The molecule has 0 atom stereocenters. The van der Waals surface area contributed by atoms with Gasteiger partial charge in [-0.15, -0.1) is 11.3 Å². The fourth-order valence-corrected chi connectivity index (χ4v) is 5.12. The van der Waals surface area contributed by atoms with Crippen LogP contribution >= 0.6 is 11.3 Å². The second-order valence-corrected chi connectivity index (χ2v) is 9.62. The van der Waals surface area contributed by atoms with Crippen LogP contribution in [0.1, 0.15) is 41.7 Å². The van der Waals surface area contributed by atoms with Crippen molar-refractivity contribution in [3.05, 3.63) is 47.1 Å². The molecule has 2 aromatic heterocycles. The van der Waals surface area contributed by atoms with Crippen LogP contribution in [-0.2, 0) is 6.42 Å². The van der Waals surface area contributed by atoms with Crippen LogP contribution in [0.3, 0.4) is 0 Å². The third-order valence-electron chi connectivity index (χ3n) is 6.17. The molecule has 0 unspecified atom stereocenters. The SMILES string of the molecule is CN(C)c1ccnc(N[C@H]2CC[C@@H](NC(=O)c3csc(-c4ccc5c(c4)CCO5)n3)CC2)n1. The lowest BCUT2D eigenvalue weighted by molar-refractivity contribution is 0.0922. The zero-order valence-electron chi connectivity index (χ0n) is 18.9. The molecule has 1 aromatic carbocycles. The number of rotatable bonds is 6. The Bertz CT molecular complexity index is 1140. The molecule has 0 radical (unpaired) electrons. The average molecular weight is 465 g/mol. The van der Waals surface area contributed by atoms with Gasteiger partial charge in [-0.2, -0.15) is 4.98 Å². The van der Waals surface area contributed by atoms with Crippen LogP contribution in [0, 0.1) is 0 Å². The van der Waals surface area contributed by atoms with Crippen LogP contribution in [0.15, 0.2) is 35.8 Å². The number of thiazole rings is 1. The van der Waals surface area contributed by atoms with Crippen molar-refractivity contribution >= 4 is 29.0 Å². The standard InChI is InChI=1S/C24H28N6O2S/c1-30(2)21-9-11-25-24(29-21)27-18-6-4-17(5-7-18)26-22(31)19-14-33-23(28-19)16-3-8-20-15(13-16)10-12-32-20/h3,8-9,11,13-14,17-18H,4-7,10,12H2,1-2H3,(H,26,31)(H,25,27,29)/t17-,18+. The van der Waals surface area contributed by atoms with Gasteiger partial charge in [-0.1, -0.05) is 0 Å². The lowest BCUT2D eigenvalue weighted by atomic mass is 9.91. The molecule has 3 aromatic rings. The number of fused-ring (bicyclic) bond motifs is 1. The quantitative estimate of drug-likeness (QED) is 0.574. The molecule has 0 bridgehead atoms. The fraction of sp³-hybridized carbons (Fsp3) is 0.417. The van der Waals surface area contributed by atoms with E-state index in [9.17, 15) is 4.79 Å². The number of nitrogens with zero attached hydrogens (tertiary/aromatic N) is 4. The first-order chi connectivity index (χ1) is 16.0. The van der Waals surface area contributed by atoms with Crippen LogP contribution < -0.4 is 20.3 Å². The molecule has 2 N–H and O–H groups in total. The molecule has 1 amide bonds. The molecule has 0 spiro atoms. The highest BCUT2D eigenvalue weighted by Gasteiger charge is 2.24. The molecule has 172 valence electrons. The number of amides is 1. The number of hydrogen-bond donors (Lipinski definition) is 2. The molecule has 3 heterocycles. The van der Waals surface area contributed by atoms with E-state index in [0.29, 0.717) is 17.7 Å². The van der Waals surface area contributed by atoms with Gasteiger partial charge in [-0.05, 0) is 55.5 Å². The topological polar surface area (TPSA) is 92.3 Å².